The molecule has 2 aromatic rings. The normalized spacial score (nSPS) is 19.2. The van der Waals surface area contributed by atoms with Crippen LogP contribution in [0.15, 0.2) is 41.3 Å². The van der Waals surface area contributed by atoms with E-state index in [2.05, 4.69) is 4.57 Å². The van der Waals surface area contributed by atoms with E-state index < -0.39 is 0 Å². The molecule has 1 fully saturated rings. The van der Waals surface area contributed by atoms with Crippen LogP contribution in [0.5, 0.6) is 0 Å². The molecule has 1 saturated carbocycles. The zero-order valence-corrected chi connectivity index (χ0v) is 16.4. The molecule has 0 aliphatic heterocycles. The van der Waals surface area contributed by atoms with Gasteiger partial charge in [-0.3, -0.25) is 9.59 Å². The lowest BCUT2D eigenvalue weighted by Crippen LogP contribution is -2.24. The summed E-state index contributed by atoms with van der Waals surface area (Å²) in [5.41, 5.74) is 1.07. The number of pyridine rings is 1. The van der Waals surface area contributed by atoms with Crippen LogP contribution in [0, 0.1) is 11.8 Å². The highest BCUT2D eigenvalue weighted by molar-refractivity contribution is 5.79. The number of Topliss-reactive ketones (excluding diaryl/α,β-unsaturated/α-hetero) is 1. The second kappa shape index (κ2) is 10.9. The molecule has 0 amide bonds. The van der Waals surface area contributed by atoms with Crippen LogP contribution in [0.25, 0.3) is 10.9 Å². The van der Waals surface area contributed by atoms with Crippen LogP contribution in [-0.2, 0) is 11.3 Å². The Bertz CT molecular complexity index is 717. The van der Waals surface area contributed by atoms with Crippen molar-refractivity contribution in [2.45, 2.75) is 66.8 Å². The molecular weight excluding hydrogens is 310 g/mol. The molecule has 0 spiro atoms. The van der Waals surface area contributed by atoms with Crippen molar-refractivity contribution in [3.8, 4) is 0 Å². The average Bonchev–Trinajstić information content (AvgIpc) is 2.68. The molecule has 1 heterocycles. The van der Waals surface area contributed by atoms with Gasteiger partial charge in [-0.05, 0) is 44.2 Å². The van der Waals surface area contributed by atoms with Crippen molar-refractivity contribution in [1.29, 1.82) is 0 Å². The maximum absolute atomic E-state index is 11.9. The van der Waals surface area contributed by atoms with Gasteiger partial charge in [0.15, 0.2) is 5.43 Å². The number of para-hydroxylation sites is 1. The van der Waals surface area contributed by atoms with Crippen molar-refractivity contribution >= 4 is 16.7 Å². The Morgan fingerprint density at radius 3 is 2.44 bits per heavy atom. The first-order valence-corrected chi connectivity index (χ1v) is 9.74. The Labute approximate surface area is 152 Å². The second-order valence-corrected chi connectivity index (χ2v) is 6.19. The van der Waals surface area contributed by atoms with E-state index in [9.17, 15) is 9.59 Å². The molecule has 0 radical (unpaired) electrons. The molecule has 3 nitrogen and oxygen atoms in total. The van der Waals surface area contributed by atoms with Crippen LogP contribution >= 0.6 is 0 Å². The van der Waals surface area contributed by atoms with Crippen LogP contribution in [0.2, 0.25) is 0 Å². The summed E-state index contributed by atoms with van der Waals surface area (Å²) in [4.78, 5) is 23.5. The Balaban J connectivity index is 0.000000730. The van der Waals surface area contributed by atoms with Gasteiger partial charge >= 0.3 is 0 Å². The Hall–Kier alpha value is -1.90. The van der Waals surface area contributed by atoms with Crippen molar-refractivity contribution in [2.75, 3.05) is 0 Å². The third kappa shape index (κ3) is 5.55. The van der Waals surface area contributed by atoms with Crippen molar-refractivity contribution < 1.29 is 4.79 Å². The highest BCUT2D eigenvalue weighted by Crippen LogP contribution is 2.31. The lowest BCUT2D eigenvalue weighted by molar-refractivity contribution is -0.122. The lowest BCUT2D eigenvalue weighted by atomic mass is 9.79. The van der Waals surface area contributed by atoms with Gasteiger partial charge in [0.2, 0.25) is 0 Å². The number of nitrogens with zero attached hydrogens (tertiary/aromatic N) is 1. The number of ketones is 1. The number of benzene rings is 1. The molecular formula is C22H33NO2. The van der Waals surface area contributed by atoms with Crippen LogP contribution < -0.4 is 5.43 Å². The molecule has 0 saturated heterocycles. The second-order valence-electron chi connectivity index (χ2n) is 6.19. The van der Waals surface area contributed by atoms with Crippen molar-refractivity contribution in [1.82, 2.24) is 4.57 Å². The monoisotopic (exact) mass is 343 g/mol. The number of aromatic nitrogens is 1. The van der Waals surface area contributed by atoms with E-state index in [1.165, 1.54) is 6.42 Å². The third-order valence-corrected chi connectivity index (χ3v) is 4.70. The van der Waals surface area contributed by atoms with E-state index in [1.807, 2.05) is 58.2 Å². The fraction of sp³-hybridized carbons (Fsp3) is 0.545. The first-order chi connectivity index (χ1) is 12.1. The molecule has 3 heteroatoms. The summed E-state index contributed by atoms with van der Waals surface area (Å²) in [5, 5.41) is 0.777. The summed E-state index contributed by atoms with van der Waals surface area (Å²) >= 11 is 0. The van der Waals surface area contributed by atoms with E-state index in [0.717, 1.165) is 36.7 Å². The molecule has 138 valence electrons. The molecule has 0 N–H and O–H groups in total. The molecule has 25 heavy (non-hydrogen) atoms. The number of carbonyl (C=O) groups excluding carboxylic acids is 1. The van der Waals surface area contributed by atoms with Crippen molar-refractivity contribution in [3.63, 3.8) is 0 Å². The number of fused-ring (bicyclic) bond motifs is 1. The number of hydrogen-bond donors (Lipinski definition) is 0. The fourth-order valence-corrected chi connectivity index (χ4v) is 3.52. The summed E-state index contributed by atoms with van der Waals surface area (Å²) in [5.74, 6) is 1.08. The zero-order chi connectivity index (χ0) is 18.8. The van der Waals surface area contributed by atoms with Crippen LogP contribution in [-0.4, -0.2) is 10.4 Å². The molecule has 1 aliphatic carbocycles. The van der Waals surface area contributed by atoms with Gasteiger partial charge < -0.3 is 4.57 Å². The molecule has 1 aromatic carbocycles. The van der Waals surface area contributed by atoms with Gasteiger partial charge in [0, 0.05) is 30.1 Å². The fourth-order valence-electron chi connectivity index (χ4n) is 3.52. The smallest absolute Gasteiger partial charge is 0.189 e. The van der Waals surface area contributed by atoms with E-state index in [-0.39, 0.29) is 11.3 Å². The number of carbonyl (C=O) groups is 1. The molecule has 2 unspecified atom stereocenters. The Kier molecular flexibility index (Phi) is 9.18. The number of hydrogen-bond acceptors (Lipinski definition) is 2. The lowest BCUT2D eigenvalue weighted by Gasteiger charge is -2.28. The van der Waals surface area contributed by atoms with Gasteiger partial charge in [-0.1, -0.05) is 46.2 Å². The molecule has 1 aromatic heterocycles. The third-order valence-electron chi connectivity index (χ3n) is 4.70. The van der Waals surface area contributed by atoms with E-state index in [1.54, 1.807) is 13.0 Å². The molecule has 1 aliphatic rings. The van der Waals surface area contributed by atoms with E-state index >= 15 is 0 Å². The minimum Gasteiger partial charge on any atom is -0.347 e. The minimum atomic E-state index is 0.0760. The summed E-state index contributed by atoms with van der Waals surface area (Å²) < 4.78 is 2.17. The molecule has 2 atom stereocenters. The van der Waals surface area contributed by atoms with Crippen LogP contribution in [0.1, 0.15) is 60.3 Å². The van der Waals surface area contributed by atoms with E-state index in [4.69, 9.17) is 0 Å². The summed E-state index contributed by atoms with van der Waals surface area (Å²) in [6, 6.07) is 9.40. The highest BCUT2D eigenvalue weighted by atomic mass is 16.1. The van der Waals surface area contributed by atoms with Crippen molar-refractivity contribution in [2.24, 2.45) is 11.8 Å². The summed E-state index contributed by atoms with van der Waals surface area (Å²) in [7, 11) is 0. The highest BCUT2D eigenvalue weighted by Gasteiger charge is 2.25. The van der Waals surface area contributed by atoms with Gasteiger partial charge in [-0.2, -0.15) is 0 Å². The van der Waals surface area contributed by atoms with E-state index in [0.29, 0.717) is 11.7 Å². The largest absolute Gasteiger partial charge is 0.347 e. The molecule has 0 bridgehead atoms. The SMILES string of the molecule is CC.CC.CC(=O)C1CCCC(Cn2ccc(=O)c3ccccc32)C1. The van der Waals surface area contributed by atoms with Gasteiger partial charge in [-0.15, -0.1) is 0 Å². The Morgan fingerprint density at radius 1 is 1.08 bits per heavy atom. The number of rotatable bonds is 3. The summed E-state index contributed by atoms with van der Waals surface area (Å²) in [6.45, 7) is 10.6. The summed E-state index contributed by atoms with van der Waals surface area (Å²) in [6.07, 6.45) is 6.21. The predicted molar refractivity (Wildman–Crippen MR) is 107 cm³/mol. The quantitative estimate of drug-likeness (QED) is 0.743. The zero-order valence-electron chi connectivity index (χ0n) is 16.4. The van der Waals surface area contributed by atoms with Crippen LogP contribution in [0.3, 0.4) is 0 Å². The van der Waals surface area contributed by atoms with Gasteiger partial charge in [0.1, 0.15) is 5.78 Å². The Morgan fingerprint density at radius 2 is 1.76 bits per heavy atom. The minimum absolute atomic E-state index is 0.0760. The average molecular weight is 344 g/mol. The van der Waals surface area contributed by atoms with Crippen LogP contribution in [0.4, 0.5) is 0 Å². The van der Waals surface area contributed by atoms with Gasteiger partial charge in [0.25, 0.3) is 0 Å². The maximum Gasteiger partial charge on any atom is 0.189 e. The van der Waals surface area contributed by atoms with Crippen molar-refractivity contribution in [3.05, 3.63) is 46.8 Å². The first-order valence-electron chi connectivity index (χ1n) is 9.74. The topological polar surface area (TPSA) is 39.1 Å². The van der Waals surface area contributed by atoms with Gasteiger partial charge in [0.05, 0.1) is 5.52 Å². The standard InChI is InChI=1S/C18H21NO2.2C2H6/c1-13(20)15-6-4-5-14(11-15)12-19-10-9-18(21)16-7-2-3-8-17(16)19;2*1-2/h2-3,7-10,14-15H,4-6,11-12H2,1H3;2*1-2H3. The maximum atomic E-state index is 11.9. The van der Waals surface area contributed by atoms with Gasteiger partial charge in [-0.25, -0.2) is 0 Å². The predicted octanol–water partition coefficient (Wildman–Crippen LogP) is 5.45. The first kappa shape index (κ1) is 21.1. The molecule has 3 rings (SSSR count).